The van der Waals surface area contributed by atoms with Gasteiger partial charge >= 0.3 is 0 Å². The highest BCUT2D eigenvalue weighted by Crippen LogP contribution is 2.37. The first-order valence-electron chi connectivity index (χ1n) is 7.75. The smallest absolute Gasteiger partial charge is 0.180 e. The summed E-state index contributed by atoms with van der Waals surface area (Å²) in [5, 5.41) is 25.4. The predicted molar refractivity (Wildman–Crippen MR) is 96.4 cm³/mol. The van der Waals surface area contributed by atoms with Gasteiger partial charge in [-0.15, -0.1) is 10.2 Å². The van der Waals surface area contributed by atoms with Crippen molar-refractivity contribution in [3.8, 4) is 28.5 Å². The van der Waals surface area contributed by atoms with Crippen LogP contribution in [0.1, 0.15) is 11.1 Å². The Morgan fingerprint density at radius 1 is 1.04 bits per heavy atom. The van der Waals surface area contributed by atoms with Gasteiger partial charge in [0.15, 0.2) is 11.5 Å². The third-order valence-corrected chi connectivity index (χ3v) is 4.12. The minimum absolute atomic E-state index is 0.357. The average Bonchev–Trinajstić information content (AvgIpc) is 3.03. The molecule has 0 bridgehead atoms. The number of nitrogens with one attached hydrogen (secondary N) is 1. The second-order valence-corrected chi connectivity index (χ2v) is 5.81. The third kappa shape index (κ3) is 2.48. The lowest BCUT2D eigenvalue weighted by molar-refractivity contribution is 1.03. The number of aryl methyl sites for hydroxylation is 1. The molecule has 4 aromatic rings. The molecule has 2 aromatic carbocycles. The first-order chi connectivity index (χ1) is 12.2. The molecule has 25 heavy (non-hydrogen) atoms. The van der Waals surface area contributed by atoms with Crippen molar-refractivity contribution in [2.24, 2.45) is 0 Å². The molecule has 0 spiro atoms. The van der Waals surface area contributed by atoms with Gasteiger partial charge < -0.3 is 5.73 Å². The third-order valence-electron chi connectivity index (χ3n) is 4.12. The van der Waals surface area contributed by atoms with Crippen LogP contribution in [0.2, 0.25) is 0 Å². The van der Waals surface area contributed by atoms with Gasteiger partial charge in [-0.05, 0) is 24.6 Å². The van der Waals surface area contributed by atoms with Crippen LogP contribution in [0.25, 0.3) is 33.4 Å². The van der Waals surface area contributed by atoms with Crippen LogP contribution in [0.4, 0.5) is 5.82 Å². The number of anilines is 1. The Kier molecular flexibility index (Phi) is 3.40. The first-order valence-corrected chi connectivity index (χ1v) is 7.75. The Morgan fingerprint density at radius 2 is 1.84 bits per heavy atom. The summed E-state index contributed by atoms with van der Waals surface area (Å²) in [4.78, 5) is 0. The molecular weight excluding hydrogens is 312 g/mol. The normalized spacial score (nSPS) is 10.7. The van der Waals surface area contributed by atoms with Gasteiger partial charge in [-0.2, -0.15) is 10.4 Å². The summed E-state index contributed by atoms with van der Waals surface area (Å²) < 4.78 is 0. The number of nitrogens with zero attached hydrogens (tertiary/aromatic N) is 4. The molecule has 0 saturated carbocycles. The Labute approximate surface area is 143 Å². The Balaban J connectivity index is 2.08. The van der Waals surface area contributed by atoms with Gasteiger partial charge in [0.25, 0.3) is 0 Å². The second-order valence-electron chi connectivity index (χ2n) is 5.81. The zero-order chi connectivity index (χ0) is 17.4. The summed E-state index contributed by atoms with van der Waals surface area (Å²) in [5.41, 5.74) is 11.6. The van der Waals surface area contributed by atoms with Gasteiger partial charge in [0.2, 0.25) is 0 Å². The van der Waals surface area contributed by atoms with E-state index >= 15 is 0 Å². The zero-order valence-corrected chi connectivity index (χ0v) is 13.5. The average molecular weight is 326 g/mol. The number of fused-ring (bicyclic) bond motifs is 1. The molecule has 6 nitrogen and oxygen atoms in total. The number of nitrogens with two attached hydrogens (primary N) is 1. The number of hydrogen-bond acceptors (Lipinski definition) is 5. The SMILES string of the molecule is Cc1ccc(-c2nnc3[nH]nc(N)c3c2-c2cccc(C#N)c2)cc1. The minimum Gasteiger partial charge on any atom is -0.382 e. The quantitative estimate of drug-likeness (QED) is 0.587. The van der Waals surface area contributed by atoms with E-state index in [0.29, 0.717) is 28.1 Å². The van der Waals surface area contributed by atoms with E-state index in [2.05, 4.69) is 26.5 Å². The molecule has 0 aliphatic heterocycles. The molecule has 0 radical (unpaired) electrons. The van der Waals surface area contributed by atoms with Crippen molar-refractivity contribution in [3.63, 3.8) is 0 Å². The monoisotopic (exact) mass is 326 g/mol. The predicted octanol–water partition coefficient (Wildman–Crippen LogP) is 3.45. The Morgan fingerprint density at radius 3 is 2.60 bits per heavy atom. The van der Waals surface area contributed by atoms with E-state index in [9.17, 15) is 5.26 Å². The van der Waals surface area contributed by atoms with Crippen LogP contribution in [-0.2, 0) is 0 Å². The number of nitrogen functional groups attached to an aromatic ring is 1. The molecule has 6 heteroatoms. The number of benzene rings is 2. The maximum Gasteiger partial charge on any atom is 0.180 e. The van der Waals surface area contributed by atoms with Crippen molar-refractivity contribution in [1.29, 1.82) is 5.26 Å². The number of nitriles is 1. The van der Waals surface area contributed by atoms with E-state index in [1.54, 1.807) is 6.07 Å². The van der Waals surface area contributed by atoms with E-state index in [1.807, 2.05) is 49.4 Å². The molecule has 3 N–H and O–H groups in total. The van der Waals surface area contributed by atoms with Crippen LogP contribution in [0.3, 0.4) is 0 Å². The Bertz CT molecular complexity index is 1120. The van der Waals surface area contributed by atoms with Crippen LogP contribution >= 0.6 is 0 Å². The molecule has 0 saturated heterocycles. The fourth-order valence-corrected chi connectivity index (χ4v) is 2.87. The summed E-state index contributed by atoms with van der Waals surface area (Å²) in [6.45, 7) is 2.03. The van der Waals surface area contributed by atoms with Crippen LogP contribution in [0, 0.1) is 18.3 Å². The highest BCUT2D eigenvalue weighted by Gasteiger charge is 2.18. The molecule has 2 aromatic heterocycles. The fraction of sp³-hybridized carbons (Fsp3) is 0.0526. The number of H-pyrrole nitrogens is 1. The van der Waals surface area contributed by atoms with Crippen LogP contribution in [0.5, 0.6) is 0 Å². The second kappa shape index (κ2) is 5.73. The molecule has 0 aliphatic rings. The standard InChI is InChI=1S/C19H14N6/c1-11-5-7-13(8-6-11)17-15(14-4-2-3-12(9-14)10-20)16-18(21)23-25-19(16)24-22-17/h2-9H,1H3,(H3,21,23,24,25). The number of aromatic amines is 1. The molecule has 2 heterocycles. The minimum atomic E-state index is 0.357. The highest BCUT2D eigenvalue weighted by atomic mass is 15.2. The summed E-state index contributed by atoms with van der Waals surface area (Å²) >= 11 is 0. The maximum absolute atomic E-state index is 9.23. The first kappa shape index (κ1) is 14.8. The van der Waals surface area contributed by atoms with Gasteiger partial charge in [-0.3, -0.25) is 5.10 Å². The lowest BCUT2D eigenvalue weighted by Gasteiger charge is -2.11. The van der Waals surface area contributed by atoms with Crippen molar-refractivity contribution < 1.29 is 0 Å². The molecular formula is C19H14N6. The largest absolute Gasteiger partial charge is 0.382 e. The molecule has 0 atom stereocenters. The van der Waals surface area contributed by atoms with E-state index in [-0.39, 0.29) is 0 Å². The van der Waals surface area contributed by atoms with Gasteiger partial charge in [-0.25, -0.2) is 0 Å². The molecule has 120 valence electrons. The summed E-state index contributed by atoms with van der Waals surface area (Å²) in [6, 6.07) is 17.6. The lowest BCUT2D eigenvalue weighted by Crippen LogP contribution is -1.96. The highest BCUT2D eigenvalue weighted by molar-refractivity contribution is 6.04. The van der Waals surface area contributed by atoms with Crippen molar-refractivity contribution in [2.45, 2.75) is 6.92 Å². The van der Waals surface area contributed by atoms with E-state index in [4.69, 9.17) is 5.73 Å². The van der Waals surface area contributed by atoms with Gasteiger partial charge in [0.05, 0.1) is 17.0 Å². The number of hydrogen-bond donors (Lipinski definition) is 2. The molecule has 0 unspecified atom stereocenters. The van der Waals surface area contributed by atoms with Gasteiger partial charge in [0.1, 0.15) is 5.69 Å². The topological polar surface area (TPSA) is 104 Å². The Hall–Kier alpha value is -3.72. The maximum atomic E-state index is 9.23. The molecule has 0 fully saturated rings. The number of rotatable bonds is 2. The van der Waals surface area contributed by atoms with Crippen LogP contribution in [-0.4, -0.2) is 20.4 Å². The molecule has 0 aliphatic carbocycles. The van der Waals surface area contributed by atoms with Crippen molar-refractivity contribution in [3.05, 3.63) is 59.7 Å². The summed E-state index contributed by atoms with van der Waals surface area (Å²) in [7, 11) is 0. The zero-order valence-electron chi connectivity index (χ0n) is 13.5. The summed E-state index contributed by atoms with van der Waals surface area (Å²) in [6.07, 6.45) is 0. The molecule has 0 amide bonds. The van der Waals surface area contributed by atoms with Gasteiger partial charge in [0, 0.05) is 11.1 Å². The van der Waals surface area contributed by atoms with Gasteiger partial charge in [-0.1, -0.05) is 42.0 Å². The van der Waals surface area contributed by atoms with Crippen molar-refractivity contribution in [1.82, 2.24) is 20.4 Å². The number of aromatic nitrogens is 4. The van der Waals surface area contributed by atoms with Crippen LogP contribution in [0.15, 0.2) is 48.5 Å². The van der Waals surface area contributed by atoms with Crippen molar-refractivity contribution in [2.75, 3.05) is 5.73 Å². The van der Waals surface area contributed by atoms with E-state index < -0.39 is 0 Å². The van der Waals surface area contributed by atoms with Crippen LogP contribution < -0.4 is 5.73 Å². The van der Waals surface area contributed by atoms with Crippen molar-refractivity contribution >= 4 is 16.9 Å². The molecule has 4 rings (SSSR count). The lowest BCUT2D eigenvalue weighted by atomic mass is 9.95. The summed E-state index contributed by atoms with van der Waals surface area (Å²) in [5.74, 6) is 0.357. The van der Waals surface area contributed by atoms with E-state index in [1.165, 1.54) is 0 Å². The fourth-order valence-electron chi connectivity index (χ4n) is 2.87. The van der Waals surface area contributed by atoms with E-state index in [0.717, 1.165) is 22.3 Å².